The largest absolute Gasteiger partial charge is 0.326 e. The first-order valence-corrected chi connectivity index (χ1v) is 12.2. The molecule has 0 unspecified atom stereocenters. The van der Waals surface area contributed by atoms with E-state index in [0.29, 0.717) is 17.9 Å². The van der Waals surface area contributed by atoms with Gasteiger partial charge in [0.25, 0.3) is 11.5 Å². The molecule has 4 aromatic rings. The van der Waals surface area contributed by atoms with Crippen LogP contribution in [-0.2, 0) is 25.9 Å². The second-order valence-electron chi connectivity index (χ2n) is 8.01. The molecule has 1 N–H and O–H groups in total. The number of thiophene rings is 2. The van der Waals surface area contributed by atoms with Gasteiger partial charge in [0.15, 0.2) is 0 Å². The Morgan fingerprint density at radius 2 is 2.03 bits per heavy atom. The molecule has 0 bridgehead atoms. The van der Waals surface area contributed by atoms with E-state index in [1.807, 2.05) is 48.7 Å². The molecule has 0 spiro atoms. The fraction of sp³-hybridized carbons (Fsp3) is 0.292. The lowest BCUT2D eigenvalue weighted by molar-refractivity contribution is 0.0727. The van der Waals surface area contributed by atoms with Crippen LogP contribution in [0.5, 0.6) is 0 Å². The third-order valence-electron chi connectivity index (χ3n) is 5.69. The highest BCUT2D eigenvalue weighted by atomic mass is 32.1. The summed E-state index contributed by atoms with van der Waals surface area (Å²) < 4.78 is 0. The number of benzene rings is 1. The number of fused-ring (bicyclic) bond motifs is 3. The van der Waals surface area contributed by atoms with E-state index in [1.54, 1.807) is 27.6 Å². The Labute approximate surface area is 188 Å². The van der Waals surface area contributed by atoms with Gasteiger partial charge in [0.2, 0.25) is 0 Å². The summed E-state index contributed by atoms with van der Waals surface area (Å²) >= 11 is 3.25. The smallest absolute Gasteiger partial charge is 0.259 e. The van der Waals surface area contributed by atoms with Crippen LogP contribution < -0.4 is 5.56 Å². The molecule has 0 atom stereocenters. The van der Waals surface area contributed by atoms with E-state index in [-0.39, 0.29) is 18.0 Å². The monoisotopic (exact) mass is 449 g/mol. The Hall–Kier alpha value is -2.77. The maximum atomic E-state index is 13.3. The maximum Gasteiger partial charge on any atom is 0.259 e. The second-order valence-corrected chi connectivity index (χ2v) is 10.1. The van der Waals surface area contributed by atoms with Crippen molar-refractivity contribution in [3.05, 3.63) is 84.4 Å². The van der Waals surface area contributed by atoms with Gasteiger partial charge in [0, 0.05) is 15.3 Å². The molecule has 0 saturated carbocycles. The van der Waals surface area contributed by atoms with Crippen molar-refractivity contribution in [1.29, 1.82) is 0 Å². The predicted molar refractivity (Wildman–Crippen MR) is 126 cm³/mol. The van der Waals surface area contributed by atoms with Crippen molar-refractivity contribution in [1.82, 2.24) is 14.9 Å². The topological polar surface area (TPSA) is 66.1 Å². The van der Waals surface area contributed by atoms with E-state index in [9.17, 15) is 9.59 Å². The normalized spacial score (nSPS) is 13.3. The molecule has 7 heteroatoms. The second kappa shape index (κ2) is 8.40. The number of nitrogens with zero attached hydrogens (tertiary/aromatic N) is 2. The van der Waals surface area contributed by atoms with Gasteiger partial charge in [-0.2, -0.15) is 0 Å². The van der Waals surface area contributed by atoms with Crippen LogP contribution in [0.4, 0.5) is 0 Å². The molecular formula is C24H23N3O2S2. The molecule has 31 heavy (non-hydrogen) atoms. The highest BCUT2D eigenvalue weighted by Crippen LogP contribution is 2.33. The van der Waals surface area contributed by atoms with Crippen LogP contribution in [0.25, 0.3) is 10.2 Å². The van der Waals surface area contributed by atoms with Crippen LogP contribution in [-0.4, -0.2) is 20.8 Å². The summed E-state index contributed by atoms with van der Waals surface area (Å²) in [6.07, 6.45) is 4.28. The Morgan fingerprint density at radius 3 is 2.84 bits per heavy atom. The van der Waals surface area contributed by atoms with Gasteiger partial charge < -0.3 is 9.88 Å². The van der Waals surface area contributed by atoms with Gasteiger partial charge in [-0.15, -0.1) is 22.7 Å². The number of rotatable bonds is 5. The summed E-state index contributed by atoms with van der Waals surface area (Å²) in [7, 11) is 0. The molecule has 0 saturated heterocycles. The van der Waals surface area contributed by atoms with Crippen LogP contribution in [0.2, 0.25) is 0 Å². The van der Waals surface area contributed by atoms with Crippen molar-refractivity contribution >= 4 is 38.8 Å². The molecule has 3 heterocycles. The molecule has 5 nitrogen and oxygen atoms in total. The van der Waals surface area contributed by atoms with Gasteiger partial charge in [-0.3, -0.25) is 9.59 Å². The Bertz CT molecular complexity index is 1300. The van der Waals surface area contributed by atoms with E-state index < -0.39 is 0 Å². The van der Waals surface area contributed by atoms with Crippen LogP contribution in [0.15, 0.2) is 46.6 Å². The summed E-state index contributed by atoms with van der Waals surface area (Å²) in [4.78, 5) is 39.0. The standard InChI is InChI=1S/C24H23N3O2S2/c1-15-6-4-7-16(12-15)24(29)27(13-17-8-5-11-30-17)14-20-25-22(28)21-18-9-2-3-10-19(18)31-23(21)26-20/h4-8,11-12H,2-3,9-10,13-14H2,1H3,(H,25,26,28). The highest BCUT2D eigenvalue weighted by molar-refractivity contribution is 7.18. The zero-order chi connectivity index (χ0) is 21.4. The quantitative estimate of drug-likeness (QED) is 0.462. The summed E-state index contributed by atoms with van der Waals surface area (Å²) in [5.41, 5.74) is 2.78. The fourth-order valence-electron chi connectivity index (χ4n) is 4.21. The first-order valence-electron chi connectivity index (χ1n) is 10.5. The lowest BCUT2D eigenvalue weighted by atomic mass is 9.97. The third-order valence-corrected chi connectivity index (χ3v) is 7.74. The number of nitrogens with one attached hydrogen (secondary N) is 1. The minimum Gasteiger partial charge on any atom is -0.326 e. The minimum atomic E-state index is -0.0847. The summed E-state index contributed by atoms with van der Waals surface area (Å²) in [6, 6.07) is 11.6. The molecule has 1 amide bonds. The number of amides is 1. The molecule has 1 aromatic carbocycles. The van der Waals surface area contributed by atoms with Crippen LogP contribution >= 0.6 is 22.7 Å². The van der Waals surface area contributed by atoms with Gasteiger partial charge in [0.05, 0.1) is 18.5 Å². The number of H-pyrrole nitrogens is 1. The van der Waals surface area contributed by atoms with E-state index in [1.165, 1.54) is 16.9 Å². The van der Waals surface area contributed by atoms with Crippen molar-refractivity contribution in [2.24, 2.45) is 0 Å². The van der Waals surface area contributed by atoms with Gasteiger partial charge in [-0.05, 0) is 61.7 Å². The van der Waals surface area contributed by atoms with E-state index in [0.717, 1.165) is 39.9 Å². The number of hydrogen-bond donors (Lipinski definition) is 1. The summed E-state index contributed by atoms with van der Waals surface area (Å²) in [5, 5.41) is 2.76. The average molecular weight is 450 g/mol. The van der Waals surface area contributed by atoms with Crippen molar-refractivity contribution in [3.8, 4) is 0 Å². The molecule has 3 aromatic heterocycles. The lowest BCUT2D eigenvalue weighted by Gasteiger charge is -2.22. The maximum absolute atomic E-state index is 13.3. The molecule has 5 rings (SSSR count). The molecule has 1 aliphatic rings. The molecule has 0 fully saturated rings. The van der Waals surface area contributed by atoms with Crippen LogP contribution in [0.1, 0.15) is 49.9 Å². The van der Waals surface area contributed by atoms with E-state index >= 15 is 0 Å². The van der Waals surface area contributed by atoms with Crippen molar-refractivity contribution in [3.63, 3.8) is 0 Å². The number of aromatic nitrogens is 2. The Kier molecular flexibility index (Phi) is 5.46. The van der Waals surface area contributed by atoms with Gasteiger partial charge >= 0.3 is 0 Å². The zero-order valence-electron chi connectivity index (χ0n) is 17.3. The number of hydrogen-bond acceptors (Lipinski definition) is 5. The van der Waals surface area contributed by atoms with Gasteiger partial charge in [0.1, 0.15) is 10.7 Å². The SMILES string of the molecule is Cc1cccc(C(=O)N(Cc2nc3sc4c(c3c(=O)[nH]2)CCCC4)Cc2cccs2)c1. The lowest BCUT2D eigenvalue weighted by Crippen LogP contribution is -2.31. The van der Waals surface area contributed by atoms with Crippen molar-refractivity contribution in [2.45, 2.75) is 45.7 Å². The predicted octanol–water partition coefficient (Wildman–Crippen LogP) is 5.08. The summed E-state index contributed by atoms with van der Waals surface area (Å²) in [6.45, 7) is 2.72. The highest BCUT2D eigenvalue weighted by Gasteiger charge is 2.22. The number of aromatic amines is 1. The van der Waals surface area contributed by atoms with Gasteiger partial charge in [-0.1, -0.05) is 23.8 Å². The zero-order valence-corrected chi connectivity index (χ0v) is 18.9. The average Bonchev–Trinajstić information content (AvgIpc) is 3.40. The molecule has 158 valence electrons. The number of carbonyl (C=O) groups is 1. The molecule has 0 aliphatic heterocycles. The molecular weight excluding hydrogens is 426 g/mol. The van der Waals surface area contributed by atoms with Crippen LogP contribution in [0.3, 0.4) is 0 Å². The number of carbonyl (C=O) groups excluding carboxylic acids is 1. The van der Waals surface area contributed by atoms with Crippen molar-refractivity contribution in [2.75, 3.05) is 0 Å². The molecule has 1 aliphatic carbocycles. The summed E-state index contributed by atoms with van der Waals surface area (Å²) in [5.74, 6) is 0.471. The van der Waals surface area contributed by atoms with Gasteiger partial charge in [-0.25, -0.2) is 4.98 Å². The Morgan fingerprint density at radius 1 is 1.16 bits per heavy atom. The third kappa shape index (κ3) is 4.07. The fourth-order valence-corrected chi connectivity index (χ4v) is 6.22. The first-order chi connectivity index (χ1) is 15.1. The van der Waals surface area contributed by atoms with E-state index in [4.69, 9.17) is 4.98 Å². The van der Waals surface area contributed by atoms with Crippen molar-refractivity contribution < 1.29 is 4.79 Å². The minimum absolute atomic E-state index is 0.0645. The van der Waals surface area contributed by atoms with Crippen LogP contribution in [0, 0.1) is 6.92 Å². The first kappa shape index (κ1) is 20.2. The van der Waals surface area contributed by atoms with E-state index in [2.05, 4.69) is 4.98 Å². The number of aryl methyl sites for hydroxylation is 3. The molecule has 0 radical (unpaired) electrons. The Balaban J connectivity index is 1.50.